The third kappa shape index (κ3) is 3.64. The van der Waals surface area contributed by atoms with Crippen molar-refractivity contribution in [3.05, 3.63) is 41.0 Å². The van der Waals surface area contributed by atoms with Gasteiger partial charge in [0, 0.05) is 38.1 Å². The van der Waals surface area contributed by atoms with Crippen molar-refractivity contribution in [2.24, 2.45) is 5.16 Å². The summed E-state index contributed by atoms with van der Waals surface area (Å²) < 4.78 is 12.4. The second kappa shape index (κ2) is 7.65. The molecule has 1 fully saturated rings. The minimum atomic E-state index is -0.305. The molecule has 0 aliphatic carbocycles. The Kier molecular flexibility index (Phi) is 5.55. The van der Waals surface area contributed by atoms with E-state index in [1.54, 1.807) is 37.1 Å². The molecule has 0 amide bonds. The van der Waals surface area contributed by atoms with Crippen LogP contribution in [0.15, 0.2) is 44.7 Å². The van der Waals surface area contributed by atoms with E-state index in [-0.39, 0.29) is 5.60 Å². The first-order chi connectivity index (χ1) is 11.7. The summed E-state index contributed by atoms with van der Waals surface area (Å²) in [5.41, 5.74) is 1.21. The highest BCUT2D eigenvalue weighted by atomic mass is 32.2. The molecule has 1 aliphatic rings. The maximum absolute atomic E-state index is 8.82. The number of methoxy groups -OCH3 is 1. The van der Waals surface area contributed by atoms with Crippen LogP contribution in [0.1, 0.15) is 30.3 Å². The minimum Gasteiger partial charge on any atom is -0.411 e. The topological polar surface area (TPSA) is 63.9 Å². The van der Waals surface area contributed by atoms with Gasteiger partial charge in [-0.15, -0.1) is 11.3 Å². The molecular weight excluding hydrogens is 344 g/mol. The van der Waals surface area contributed by atoms with Crippen LogP contribution in [0.4, 0.5) is 0 Å². The molecule has 0 atom stereocenters. The summed E-state index contributed by atoms with van der Waals surface area (Å²) in [6, 6.07) is 7.95. The molecule has 0 radical (unpaired) electrons. The minimum absolute atomic E-state index is 0.305. The first-order valence-corrected chi connectivity index (χ1v) is 9.36. The van der Waals surface area contributed by atoms with Crippen molar-refractivity contribution in [2.75, 3.05) is 20.3 Å². The average Bonchev–Trinajstić information content (AvgIpc) is 3.11. The summed E-state index contributed by atoms with van der Waals surface area (Å²) in [7, 11) is 1.75. The Balaban J connectivity index is 1.74. The molecule has 0 unspecified atom stereocenters. The number of hydrogen-bond donors (Lipinski definition) is 1. The number of thiazole rings is 1. The summed E-state index contributed by atoms with van der Waals surface area (Å²) in [6.45, 7) is 3.20. The fraction of sp³-hybridized carbons (Fsp3) is 0.412. The Morgan fingerprint density at radius 2 is 2.04 bits per heavy atom. The molecule has 0 spiro atoms. The molecular formula is C17H20N2O3S2. The van der Waals surface area contributed by atoms with Crippen LogP contribution >= 0.6 is 23.1 Å². The molecule has 24 heavy (non-hydrogen) atoms. The van der Waals surface area contributed by atoms with Crippen LogP contribution in [-0.2, 0) is 15.1 Å². The van der Waals surface area contributed by atoms with E-state index in [2.05, 4.69) is 10.1 Å². The van der Waals surface area contributed by atoms with Gasteiger partial charge < -0.3 is 14.7 Å². The molecule has 0 saturated carbocycles. The second-order valence-electron chi connectivity index (χ2n) is 5.61. The Hall–Kier alpha value is -1.41. The van der Waals surface area contributed by atoms with Crippen molar-refractivity contribution < 1.29 is 14.7 Å². The Labute approximate surface area is 149 Å². The number of nitrogens with zero attached hydrogens (tertiary/aromatic N) is 2. The second-order valence-corrected chi connectivity index (χ2v) is 8.01. The van der Waals surface area contributed by atoms with Crippen LogP contribution in [0.25, 0.3) is 0 Å². The van der Waals surface area contributed by atoms with Crippen molar-refractivity contribution in [2.45, 2.75) is 34.5 Å². The number of oxime groups is 1. The fourth-order valence-electron chi connectivity index (χ4n) is 2.66. The van der Waals surface area contributed by atoms with Crippen molar-refractivity contribution in [1.82, 2.24) is 4.98 Å². The van der Waals surface area contributed by atoms with Crippen LogP contribution in [0.2, 0.25) is 0 Å². The van der Waals surface area contributed by atoms with E-state index >= 15 is 0 Å². The summed E-state index contributed by atoms with van der Waals surface area (Å²) in [5.74, 6) is 0. The molecule has 1 aromatic heterocycles. The first kappa shape index (κ1) is 17.4. The van der Waals surface area contributed by atoms with Crippen molar-refractivity contribution in [3.8, 4) is 0 Å². The van der Waals surface area contributed by atoms with Crippen molar-refractivity contribution >= 4 is 28.8 Å². The molecule has 1 aromatic carbocycles. The lowest BCUT2D eigenvalue weighted by Crippen LogP contribution is -2.35. The van der Waals surface area contributed by atoms with E-state index in [4.69, 9.17) is 14.7 Å². The summed E-state index contributed by atoms with van der Waals surface area (Å²) in [4.78, 5) is 5.73. The molecule has 5 nitrogen and oxygen atoms in total. The zero-order valence-electron chi connectivity index (χ0n) is 13.7. The molecule has 2 heterocycles. The zero-order chi connectivity index (χ0) is 17.0. The molecule has 128 valence electrons. The van der Waals surface area contributed by atoms with Gasteiger partial charge in [0.05, 0.1) is 16.1 Å². The molecule has 0 bridgehead atoms. The third-order valence-electron chi connectivity index (χ3n) is 4.21. The van der Waals surface area contributed by atoms with Gasteiger partial charge in [-0.05, 0) is 24.6 Å². The van der Waals surface area contributed by atoms with Gasteiger partial charge in [-0.25, -0.2) is 4.98 Å². The SMILES string of the molecule is COC1(c2ncc(Sc3ccc(/C(C)=N/O)cc3)s2)CCOCC1. The van der Waals surface area contributed by atoms with Gasteiger partial charge in [0.15, 0.2) is 0 Å². The number of ether oxygens (including phenoxy) is 2. The normalized spacial score (nSPS) is 17.8. The quantitative estimate of drug-likeness (QED) is 0.491. The van der Waals surface area contributed by atoms with Crippen LogP contribution in [-0.4, -0.2) is 36.2 Å². The van der Waals surface area contributed by atoms with E-state index in [1.165, 1.54) is 0 Å². The van der Waals surface area contributed by atoms with Crippen LogP contribution in [0, 0.1) is 0 Å². The summed E-state index contributed by atoms with van der Waals surface area (Å²) in [6.07, 6.45) is 3.60. The highest BCUT2D eigenvalue weighted by Crippen LogP contribution is 2.41. The standard InChI is InChI=1S/C17H20N2O3S2/c1-12(19-20)13-3-5-14(6-4-13)23-15-11-18-16(24-15)17(21-2)7-9-22-10-8-17/h3-6,11,20H,7-10H2,1-2H3/b19-12+. The molecule has 1 N–H and O–H groups in total. The molecule has 1 saturated heterocycles. The maximum atomic E-state index is 8.82. The number of rotatable bonds is 5. The number of benzene rings is 1. The third-order valence-corrected chi connectivity index (χ3v) is 6.50. The lowest BCUT2D eigenvalue weighted by molar-refractivity contribution is -0.0948. The predicted octanol–water partition coefficient (Wildman–Crippen LogP) is 4.14. The van der Waals surface area contributed by atoms with Gasteiger partial charge in [-0.2, -0.15) is 0 Å². The van der Waals surface area contributed by atoms with Gasteiger partial charge in [0.1, 0.15) is 10.6 Å². The lowest BCUT2D eigenvalue weighted by Gasteiger charge is -2.33. The number of aromatic nitrogens is 1. The Morgan fingerprint density at radius 1 is 1.33 bits per heavy atom. The first-order valence-electron chi connectivity index (χ1n) is 7.73. The predicted molar refractivity (Wildman–Crippen MR) is 95.4 cm³/mol. The monoisotopic (exact) mass is 364 g/mol. The smallest absolute Gasteiger partial charge is 0.126 e. The fourth-order valence-corrected chi connectivity index (χ4v) is 4.84. The van der Waals surface area contributed by atoms with E-state index < -0.39 is 0 Å². The molecule has 1 aliphatic heterocycles. The van der Waals surface area contributed by atoms with Crippen molar-refractivity contribution in [1.29, 1.82) is 0 Å². The summed E-state index contributed by atoms with van der Waals surface area (Å²) in [5, 5.41) is 13.1. The van der Waals surface area contributed by atoms with Gasteiger partial charge in [0.2, 0.25) is 0 Å². The molecule has 7 heteroatoms. The summed E-state index contributed by atoms with van der Waals surface area (Å²) >= 11 is 3.36. The van der Waals surface area contributed by atoms with E-state index in [0.717, 1.165) is 32.5 Å². The van der Waals surface area contributed by atoms with Crippen LogP contribution in [0.3, 0.4) is 0 Å². The van der Waals surface area contributed by atoms with Crippen molar-refractivity contribution in [3.63, 3.8) is 0 Å². The Morgan fingerprint density at radius 3 is 2.67 bits per heavy atom. The molecule has 2 aromatic rings. The van der Waals surface area contributed by atoms with Crippen LogP contribution < -0.4 is 0 Å². The van der Waals surface area contributed by atoms with Gasteiger partial charge in [-0.1, -0.05) is 29.1 Å². The highest BCUT2D eigenvalue weighted by molar-refractivity contribution is 8.01. The average molecular weight is 364 g/mol. The largest absolute Gasteiger partial charge is 0.411 e. The van der Waals surface area contributed by atoms with Gasteiger partial charge in [-0.3, -0.25) is 0 Å². The number of hydrogen-bond acceptors (Lipinski definition) is 7. The van der Waals surface area contributed by atoms with E-state index in [9.17, 15) is 0 Å². The van der Waals surface area contributed by atoms with Gasteiger partial charge in [0.25, 0.3) is 0 Å². The Bertz CT molecular complexity index is 707. The molecule has 3 rings (SSSR count). The van der Waals surface area contributed by atoms with Gasteiger partial charge >= 0.3 is 0 Å². The maximum Gasteiger partial charge on any atom is 0.126 e. The van der Waals surface area contributed by atoms with E-state index in [0.29, 0.717) is 18.9 Å². The highest BCUT2D eigenvalue weighted by Gasteiger charge is 2.37. The zero-order valence-corrected chi connectivity index (χ0v) is 15.3. The van der Waals surface area contributed by atoms with E-state index in [1.807, 2.05) is 30.5 Å². The lowest BCUT2D eigenvalue weighted by atomic mass is 9.95. The van der Waals surface area contributed by atoms with Crippen LogP contribution in [0.5, 0.6) is 0 Å².